The highest BCUT2D eigenvalue weighted by Crippen LogP contribution is 2.44. The van der Waals surface area contributed by atoms with E-state index in [4.69, 9.17) is 9.47 Å². The molecule has 8 heteroatoms. The summed E-state index contributed by atoms with van der Waals surface area (Å²) in [6.07, 6.45) is 3.57. The lowest BCUT2D eigenvalue weighted by molar-refractivity contribution is -0.136. The Labute approximate surface area is 179 Å². The molecule has 1 aliphatic heterocycles. The second kappa shape index (κ2) is 8.65. The second-order valence-corrected chi connectivity index (χ2v) is 8.98. The molecule has 1 aromatic carbocycles. The standard InChI is InChI=1S/C22H26N2O5S/c1-14(25)18-6-7-19(30-18)22(8-2-3-9-22)13-23-20(26)21(27)24-15-4-5-16-17(12-15)29-11-10-28-16/h4-7,12,14,25H,2-3,8-11,13H2,1H3,(H,23,26)(H,24,27)/t14-/m1/s1. The summed E-state index contributed by atoms with van der Waals surface area (Å²) in [7, 11) is 0. The molecule has 7 nitrogen and oxygen atoms in total. The van der Waals surface area contributed by atoms with Crippen molar-refractivity contribution in [3.8, 4) is 11.5 Å². The lowest BCUT2D eigenvalue weighted by Gasteiger charge is -2.28. The molecule has 160 valence electrons. The van der Waals surface area contributed by atoms with Crippen LogP contribution >= 0.6 is 11.3 Å². The Balaban J connectivity index is 1.39. The number of hydrogen-bond donors (Lipinski definition) is 3. The van der Waals surface area contributed by atoms with Crippen LogP contribution in [0.5, 0.6) is 11.5 Å². The molecule has 2 aliphatic rings. The van der Waals surface area contributed by atoms with E-state index < -0.39 is 17.9 Å². The Morgan fingerprint density at radius 2 is 1.83 bits per heavy atom. The Kier molecular flexibility index (Phi) is 5.97. The van der Waals surface area contributed by atoms with Gasteiger partial charge in [-0.2, -0.15) is 0 Å². The molecule has 3 N–H and O–H groups in total. The third-order valence-corrected chi connectivity index (χ3v) is 7.22. The molecule has 1 atom stereocenters. The van der Waals surface area contributed by atoms with E-state index in [-0.39, 0.29) is 5.41 Å². The summed E-state index contributed by atoms with van der Waals surface area (Å²) in [5, 5.41) is 15.3. The molecule has 1 aromatic heterocycles. The molecule has 1 aliphatic carbocycles. The number of aliphatic hydroxyl groups is 1. The second-order valence-electron chi connectivity index (χ2n) is 7.86. The van der Waals surface area contributed by atoms with E-state index >= 15 is 0 Å². The minimum atomic E-state index is -0.712. The van der Waals surface area contributed by atoms with Crippen molar-refractivity contribution in [1.29, 1.82) is 0 Å². The van der Waals surface area contributed by atoms with Crippen molar-refractivity contribution in [2.24, 2.45) is 0 Å². The third-order valence-electron chi connectivity index (χ3n) is 5.72. The molecule has 2 aromatic rings. The van der Waals surface area contributed by atoms with Gasteiger partial charge >= 0.3 is 11.8 Å². The van der Waals surface area contributed by atoms with Crippen molar-refractivity contribution < 1.29 is 24.2 Å². The predicted octanol–water partition coefficient (Wildman–Crippen LogP) is 3.14. The number of hydrogen-bond acceptors (Lipinski definition) is 6. The van der Waals surface area contributed by atoms with Gasteiger partial charge in [-0.15, -0.1) is 11.3 Å². The number of benzene rings is 1. The first-order valence-corrected chi connectivity index (χ1v) is 11.1. The number of fused-ring (bicyclic) bond motifs is 1. The minimum absolute atomic E-state index is 0.176. The topological polar surface area (TPSA) is 96.9 Å². The zero-order chi connectivity index (χ0) is 21.1. The number of rotatable bonds is 5. The maximum atomic E-state index is 12.5. The van der Waals surface area contributed by atoms with Gasteiger partial charge in [-0.05, 0) is 44.0 Å². The van der Waals surface area contributed by atoms with Crippen molar-refractivity contribution in [1.82, 2.24) is 5.32 Å². The highest BCUT2D eigenvalue weighted by Gasteiger charge is 2.38. The van der Waals surface area contributed by atoms with Gasteiger partial charge in [-0.25, -0.2) is 0 Å². The largest absolute Gasteiger partial charge is 0.486 e. The number of thiophene rings is 1. The normalized spacial score (nSPS) is 17.9. The maximum Gasteiger partial charge on any atom is 0.313 e. The summed E-state index contributed by atoms with van der Waals surface area (Å²) < 4.78 is 11.0. The molecule has 30 heavy (non-hydrogen) atoms. The van der Waals surface area contributed by atoms with Gasteiger partial charge in [0, 0.05) is 33.5 Å². The van der Waals surface area contributed by atoms with E-state index in [2.05, 4.69) is 10.6 Å². The molecule has 1 fully saturated rings. The van der Waals surface area contributed by atoms with Crippen LogP contribution < -0.4 is 20.1 Å². The van der Waals surface area contributed by atoms with E-state index in [9.17, 15) is 14.7 Å². The van der Waals surface area contributed by atoms with Gasteiger partial charge in [0.05, 0.1) is 6.10 Å². The van der Waals surface area contributed by atoms with E-state index in [1.807, 2.05) is 12.1 Å². The van der Waals surface area contributed by atoms with Crippen LogP contribution in [0.25, 0.3) is 0 Å². The van der Waals surface area contributed by atoms with Crippen LogP contribution in [0, 0.1) is 0 Å². The molecule has 1 saturated carbocycles. The average molecular weight is 431 g/mol. The molecule has 2 heterocycles. The SMILES string of the molecule is C[C@@H](O)c1ccc(C2(CNC(=O)C(=O)Nc3ccc4c(c3)OCCO4)CCCC2)s1. The van der Waals surface area contributed by atoms with Crippen molar-refractivity contribution in [2.45, 2.75) is 44.1 Å². The lowest BCUT2D eigenvalue weighted by Crippen LogP contribution is -2.43. The fourth-order valence-electron chi connectivity index (χ4n) is 4.06. The lowest BCUT2D eigenvalue weighted by atomic mass is 9.84. The number of carbonyl (C=O) groups excluding carboxylic acids is 2. The summed E-state index contributed by atoms with van der Waals surface area (Å²) in [5.74, 6) is -0.200. The molecular weight excluding hydrogens is 404 g/mol. The molecule has 0 saturated heterocycles. The number of anilines is 1. The fraction of sp³-hybridized carbons (Fsp3) is 0.455. The Morgan fingerprint density at radius 1 is 1.10 bits per heavy atom. The first-order valence-electron chi connectivity index (χ1n) is 10.2. The molecule has 2 amide bonds. The van der Waals surface area contributed by atoms with Gasteiger partial charge in [-0.3, -0.25) is 9.59 Å². The van der Waals surface area contributed by atoms with Crippen molar-refractivity contribution >= 4 is 28.8 Å². The van der Waals surface area contributed by atoms with Gasteiger partial charge in [0.25, 0.3) is 0 Å². The summed E-state index contributed by atoms with van der Waals surface area (Å²) in [4.78, 5) is 26.9. The van der Waals surface area contributed by atoms with Crippen molar-refractivity contribution in [3.63, 3.8) is 0 Å². The molecule has 0 radical (unpaired) electrons. The Hall–Kier alpha value is -2.58. The van der Waals surface area contributed by atoms with Crippen LogP contribution in [0.3, 0.4) is 0 Å². The van der Waals surface area contributed by atoms with Crippen LogP contribution in [0.1, 0.15) is 48.5 Å². The zero-order valence-electron chi connectivity index (χ0n) is 16.9. The first-order chi connectivity index (χ1) is 14.5. The molecule has 0 unspecified atom stereocenters. The minimum Gasteiger partial charge on any atom is -0.486 e. The van der Waals surface area contributed by atoms with Crippen LogP contribution in [-0.4, -0.2) is 36.7 Å². The smallest absolute Gasteiger partial charge is 0.313 e. The van der Waals surface area contributed by atoms with E-state index in [1.165, 1.54) is 0 Å². The molecular formula is C22H26N2O5S. The van der Waals surface area contributed by atoms with Gasteiger partial charge in [0.15, 0.2) is 11.5 Å². The third kappa shape index (κ3) is 4.29. The van der Waals surface area contributed by atoms with Crippen molar-refractivity contribution in [2.75, 3.05) is 25.1 Å². The summed E-state index contributed by atoms with van der Waals surface area (Å²) >= 11 is 1.59. The Bertz CT molecular complexity index is 933. The van der Waals surface area contributed by atoms with Crippen LogP contribution in [0.15, 0.2) is 30.3 Å². The highest BCUT2D eigenvalue weighted by atomic mass is 32.1. The van der Waals surface area contributed by atoms with Gasteiger partial charge in [0.1, 0.15) is 13.2 Å². The van der Waals surface area contributed by atoms with Crippen molar-refractivity contribution in [3.05, 3.63) is 40.1 Å². The maximum absolute atomic E-state index is 12.5. The Morgan fingerprint density at radius 3 is 2.53 bits per heavy atom. The quantitative estimate of drug-likeness (QED) is 0.633. The van der Waals surface area contributed by atoms with E-state index in [0.717, 1.165) is 35.4 Å². The highest BCUT2D eigenvalue weighted by molar-refractivity contribution is 7.12. The number of aliphatic hydroxyl groups excluding tert-OH is 1. The molecule has 0 spiro atoms. The summed E-state index contributed by atoms with van der Waals surface area (Å²) in [6, 6.07) is 9.04. The number of ether oxygens (including phenoxy) is 2. The van der Waals surface area contributed by atoms with Crippen LogP contribution in [0.2, 0.25) is 0 Å². The summed E-state index contributed by atoms with van der Waals surface area (Å²) in [5.41, 5.74) is 0.305. The van der Waals surface area contributed by atoms with Crippen LogP contribution in [-0.2, 0) is 15.0 Å². The van der Waals surface area contributed by atoms with Crippen LogP contribution in [0.4, 0.5) is 5.69 Å². The molecule has 4 rings (SSSR count). The average Bonchev–Trinajstić information content (AvgIpc) is 3.42. The number of nitrogens with one attached hydrogen (secondary N) is 2. The van der Waals surface area contributed by atoms with Gasteiger partial charge in [0.2, 0.25) is 0 Å². The fourth-order valence-corrected chi connectivity index (χ4v) is 5.25. The van der Waals surface area contributed by atoms with Gasteiger partial charge < -0.3 is 25.2 Å². The number of amides is 2. The number of carbonyl (C=O) groups is 2. The van der Waals surface area contributed by atoms with E-state index in [1.54, 1.807) is 36.5 Å². The predicted molar refractivity (Wildman–Crippen MR) is 114 cm³/mol. The zero-order valence-corrected chi connectivity index (χ0v) is 17.7. The monoisotopic (exact) mass is 430 g/mol. The molecule has 0 bridgehead atoms. The first kappa shape index (κ1) is 20.7. The van der Waals surface area contributed by atoms with E-state index in [0.29, 0.717) is 36.9 Å². The van der Waals surface area contributed by atoms with Gasteiger partial charge in [-0.1, -0.05) is 12.8 Å². The summed E-state index contributed by atoms with van der Waals surface area (Å²) in [6.45, 7) is 3.10.